The molecule has 0 radical (unpaired) electrons. The maximum Gasteiger partial charge on any atom is 0.304 e. The first-order valence-corrected chi connectivity index (χ1v) is 8.62. The minimum absolute atomic E-state index is 0.169. The summed E-state index contributed by atoms with van der Waals surface area (Å²) in [5.74, 6) is 0.684. The molecule has 1 N–H and O–H groups in total. The Hall–Kier alpha value is -1.14. The van der Waals surface area contributed by atoms with Crippen LogP contribution in [0.25, 0.3) is 0 Å². The molecule has 1 saturated heterocycles. The third-order valence-corrected chi connectivity index (χ3v) is 6.16. The molecule has 3 atom stereocenters. The Balaban J connectivity index is 1.95. The minimum Gasteiger partial charge on any atom is -0.388 e. The molecule has 5 nitrogen and oxygen atoms in total. The zero-order valence-electron chi connectivity index (χ0n) is 12.3. The van der Waals surface area contributed by atoms with E-state index in [1.807, 2.05) is 0 Å². The van der Waals surface area contributed by atoms with E-state index in [1.54, 1.807) is 13.0 Å². The van der Waals surface area contributed by atoms with Crippen LogP contribution in [0.5, 0.6) is 0 Å². The van der Waals surface area contributed by atoms with E-state index < -0.39 is 6.10 Å². The van der Waals surface area contributed by atoms with Gasteiger partial charge < -0.3 is 10.0 Å². The summed E-state index contributed by atoms with van der Waals surface area (Å²) in [7, 11) is 0. The van der Waals surface area contributed by atoms with Gasteiger partial charge in [0.1, 0.15) is 0 Å². The molecule has 3 rings (SSSR count). The number of thiophene rings is 1. The van der Waals surface area contributed by atoms with Gasteiger partial charge in [0.2, 0.25) is 0 Å². The Bertz CT molecular complexity index is 527. The van der Waals surface area contributed by atoms with Crippen LogP contribution in [0.15, 0.2) is 6.07 Å². The average Bonchev–Trinajstić information content (AvgIpc) is 2.92. The Morgan fingerprint density at radius 2 is 2.10 bits per heavy atom. The lowest BCUT2D eigenvalue weighted by molar-refractivity contribution is -0.383. The number of piperidine rings is 1. The number of hydrogen-bond donors (Lipinski definition) is 1. The highest BCUT2D eigenvalue weighted by atomic mass is 32.1. The smallest absolute Gasteiger partial charge is 0.304 e. The summed E-state index contributed by atoms with van der Waals surface area (Å²) in [5.41, 5.74) is 0.169. The highest BCUT2D eigenvalue weighted by Crippen LogP contribution is 2.45. The van der Waals surface area contributed by atoms with E-state index in [-0.39, 0.29) is 10.6 Å². The lowest BCUT2D eigenvalue weighted by atomic mass is 9.78. The Labute approximate surface area is 128 Å². The van der Waals surface area contributed by atoms with Crippen molar-refractivity contribution in [3.63, 3.8) is 0 Å². The second-order valence-corrected chi connectivity index (χ2v) is 7.28. The molecule has 1 aliphatic heterocycles. The highest BCUT2D eigenvalue weighted by Gasteiger charge is 2.37. The Kier molecular flexibility index (Phi) is 4.17. The molecular formula is C15H22N2O3S. The molecule has 1 aromatic heterocycles. The topological polar surface area (TPSA) is 66.6 Å². The molecule has 2 fully saturated rings. The third kappa shape index (κ3) is 2.79. The van der Waals surface area contributed by atoms with Crippen LogP contribution in [0.2, 0.25) is 0 Å². The molecule has 1 aromatic rings. The van der Waals surface area contributed by atoms with Crippen LogP contribution in [0.4, 0.5) is 10.7 Å². The second-order valence-electron chi connectivity index (χ2n) is 6.22. The average molecular weight is 310 g/mol. The van der Waals surface area contributed by atoms with Crippen molar-refractivity contribution in [2.24, 2.45) is 5.92 Å². The van der Waals surface area contributed by atoms with Crippen LogP contribution < -0.4 is 4.90 Å². The number of rotatable bonds is 3. The molecule has 1 aliphatic carbocycles. The van der Waals surface area contributed by atoms with Gasteiger partial charge in [-0.25, -0.2) is 0 Å². The van der Waals surface area contributed by atoms with Crippen molar-refractivity contribution < 1.29 is 10.0 Å². The minimum atomic E-state index is -0.644. The molecule has 0 bridgehead atoms. The van der Waals surface area contributed by atoms with Crippen LogP contribution in [0, 0.1) is 16.0 Å². The predicted octanol–water partition coefficient (Wildman–Crippen LogP) is 3.87. The van der Waals surface area contributed by atoms with Crippen LogP contribution in [-0.2, 0) is 0 Å². The molecule has 21 heavy (non-hydrogen) atoms. The van der Waals surface area contributed by atoms with Crippen molar-refractivity contribution in [2.75, 3.05) is 11.4 Å². The molecule has 0 aromatic carbocycles. The fourth-order valence-electron chi connectivity index (χ4n) is 3.81. The van der Waals surface area contributed by atoms with Crippen molar-refractivity contribution in [2.45, 2.75) is 57.6 Å². The van der Waals surface area contributed by atoms with Crippen molar-refractivity contribution in [1.29, 1.82) is 0 Å². The molecule has 6 heteroatoms. The fraction of sp³-hybridized carbons (Fsp3) is 0.733. The maximum atomic E-state index is 11.4. The molecule has 116 valence electrons. The van der Waals surface area contributed by atoms with E-state index in [2.05, 4.69) is 4.90 Å². The van der Waals surface area contributed by atoms with Crippen molar-refractivity contribution in [1.82, 2.24) is 0 Å². The van der Waals surface area contributed by atoms with Gasteiger partial charge >= 0.3 is 5.69 Å². The van der Waals surface area contributed by atoms with Gasteiger partial charge in [-0.1, -0.05) is 12.8 Å². The predicted molar refractivity (Wildman–Crippen MR) is 83.9 cm³/mol. The van der Waals surface area contributed by atoms with E-state index in [9.17, 15) is 15.2 Å². The first kappa shape index (κ1) is 14.8. The first-order valence-electron chi connectivity index (χ1n) is 7.80. The van der Waals surface area contributed by atoms with E-state index in [4.69, 9.17) is 0 Å². The lowest BCUT2D eigenvalue weighted by Crippen LogP contribution is -2.46. The van der Waals surface area contributed by atoms with Gasteiger partial charge in [-0.3, -0.25) is 10.1 Å². The summed E-state index contributed by atoms with van der Waals surface area (Å²) in [6.45, 7) is 2.57. The van der Waals surface area contributed by atoms with Gasteiger partial charge in [0.15, 0.2) is 5.00 Å². The summed E-state index contributed by atoms with van der Waals surface area (Å²) in [6, 6.07) is 2.00. The molecule has 2 aliphatic rings. The molecule has 1 saturated carbocycles. The Morgan fingerprint density at radius 3 is 2.81 bits per heavy atom. The van der Waals surface area contributed by atoms with E-state index >= 15 is 0 Å². The number of nitro groups is 1. The highest BCUT2D eigenvalue weighted by molar-refractivity contribution is 7.16. The number of fused-ring (bicyclic) bond motifs is 1. The van der Waals surface area contributed by atoms with Crippen LogP contribution in [0.1, 0.15) is 56.4 Å². The molecule has 0 amide bonds. The zero-order chi connectivity index (χ0) is 15.0. The Morgan fingerprint density at radius 1 is 1.38 bits per heavy atom. The summed E-state index contributed by atoms with van der Waals surface area (Å²) in [6.07, 6.45) is 6.63. The number of aliphatic hydroxyl groups excluding tert-OH is 1. The standard InChI is InChI=1S/C15H22N2O3S/c1-10(18)14-9-13(17(19)20)15(21-14)16-8-4-6-11-5-2-3-7-12(11)16/h9-12,18H,2-8H2,1H3. The van der Waals surface area contributed by atoms with Crippen molar-refractivity contribution in [3.05, 3.63) is 21.1 Å². The van der Waals surface area contributed by atoms with Gasteiger partial charge in [0.05, 0.1) is 11.0 Å². The molecular weight excluding hydrogens is 288 g/mol. The molecule has 0 spiro atoms. The van der Waals surface area contributed by atoms with Crippen LogP contribution in [-0.4, -0.2) is 22.6 Å². The van der Waals surface area contributed by atoms with Gasteiger partial charge in [-0.15, -0.1) is 11.3 Å². The second kappa shape index (κ2) is 5.93. The number of anilines is 1. The van der Waals surface area contributed by atoms with Crippen LogP contribution in [0.3, 0.4) is 0 Å². The van der Waals surface area contributed by atoms with Gasteiger partial charge in [-0.2, -0.15) is 0 Å². The summed E-state index contributed by atoms with van der Waals surface area (Å²) in [4.78, 5) is 14.0. The summed E-state index contributed by atoms with van der Waals surface area (Å²) < 4.78 is 0. The summed E-state index contributed by atoms with van der Waals surface area (Å²) >= 11 is 1.39. The first-order chi connectivity index (χ1) is 10.1. The van der Waals surface area contributed by atoms with E-state index in [0.29, 0.717) is 16.8 Å². The molecule has 2 heterocycles. The van der Waals surface area contributed by atoms with Crippen LogP contribution >= 0.6 is 11.3 Å². The SMILES string of the molecule is CC(O)c1cc([N+](=O)[O-])c(N2CCCC3CCCCC32)s1. The van der Waals surface area contributed by atoms with Gasteiger partial charge in [0, 0.05) is 23.5 Å². The fourth-order valence-corrected chi connectivity index (χ4v) is 4.96. The third-order valence-electron chi connectivity index (χ3n) is 4.83. The van der Waals surface area contributed by atoms with Gasteiger partial charge in [0.25, 0.3) is 0 Å². The quantitative estimate of drug-likeness (QED) is 0.680. The largest absolute Gasteiger partial charge is 0.388 e. The van der Waals surface area contributed by atoms with Crippen molar-refractivity contribution >= 4 is 22.0 Å². The monoisotopic (exact) mass is 310 g/mol. The number of aliphatic hydroxyl groups is 1. The number of hydrogen-bond acceptors (Lipinski definition) is 5. The summed E-state index contributed by atoms with van der Waals surface area (Å²) in [5, 5.41) is 21.9. The zero-order valence-corrected chi connectivity index (χ0v) is 13.1. The van der Waals surface area contributed by atoms with E-state index in [0.717, 1.165) is 24.4 Å². The number of nitrogens with zero attached hydrogens (tertiary/aromatic N) is 2. The maximum absolute atomic E-state index is 11.4. The lowest BCUT2D eigenvalue weighted by Gasteiger charge is -2.44. The van der Waals surface area contributed by atoms with E-state index in [1.165, 1.54) is 37.0 Å². The van der Waals surface area contributed by atoms with Crippen molar-refractivity contribution in [3.8, 4) is 0 Å². The molecule has 3 unspecified atom stereocenters. The normalized spacial score (nSPS) is 27.2. The van der Waals surface area contributed by atoms with Gasteiger partial charge in [-0.05, 0) is 38.5 Å².